The molecule has 15 heavy (non-hydrogen) atoms. The van der Waals surface area contributed by atoms with Gasteiger partial charge in [0.1, 0.15) is 5.82 Å². The molecule has 3 nitrogen and oxygen atoms in total. The van der Waals surface area contributed by atoms with Gasteiger partial charge in [0.25, 0.3) is 0 Å². The molecule has 4 heteroatoms. The van der Waals surface area contributed by atoms with E-state index in [1.807, 2.05) is 19.1 Å². The van der Waals surface area contributed by atoms with Crippen LogP contribution in [0.1, 0.15) is 12.6 Å². The van der Waals surface area contributed by atoms with Crippen molar-refractivity contribution in [1.29, 1.82) is 0 Å². The van der Waals surface area contributed by atoms with Crippen LogP contribution in [0, 0.1) is 6.92 Å². The first kappa shape index (κ1) is 12.5. The highest BCUT2D eigenvalue weighted by Crippen LogP contribution is 2.16. The predicted octanol–water partition coefficient (Wildman–Crippen LogP) is 2.51. The lowest BCUT2D eigenvalue weighted by Crippen LogP contribution is -2.29. The van der Waals surface area contributed by atoms with Gasteiger partial charge >= 0.3 is 0 Å². The second-order valence-electron chi connectivity index (χ2n) is 4.07. The fraction of sp³-hybridized carbons (Fsp3) is 0.545. The minimum atomic E-state index is 0.396. The molecule has 1 heterocycles. The fourth-order valence-electron chi connectivity index (χ4n) is 1.47. The fourth-order valence-corrected chi connectivity index (χ4v) is 1.69. The summed E-state index contributed by atoms with van der Waals surface area (Å²) in [4.78, 5) is 6.60. The molecule has 0 aliphatic heterocycles. The van der Waals surface area contributed by atoms with E-state index in [1.54, 1.807) is 0 Å². The summed E-state index contributed by atoms with van der Waals surface area (Å²) in [6, 6.07) is 4.41. The van der Waals surface area contributed by atoms with Crippen LogP contribution in [-0.2, 0) is 0 Å². The molecule has 0 saturated carbocycles. The summed E-state index contributed by atoms with van der Waals surface area (Å²) in [5.74, 6) is 0.935. The minimum Gasteiger partial charge on any atom is -0.366 e. The third kappa shape index (κ3) is 4.18. The lowest BCUT2D eigenvalue weighted by atomic mass is 10.3. The third-order valence-electron chi connectivity index (χ3n) is 2.05. The van der Waals surface area contributed by atoms with Gasteiger partial charge in [-0.05, 0) is 56.0 Å². The average molecular weight is 272 g/mol. The highest BCUT2D eigenvalue weighted by atomic mass is 79.9. The van der Waals surface area contributed by atoms with E-state index in [4.69, 9.17) is 0 Å². The quantitative estimate of drug-likeness (QED) is 0.912. The zero-order chi connectivity index (χ0) is 11.4. The van der Waals surface area contributed by atoms with Gasteiger partial charge in [0.2, 0.25) is 0 Å². The van der Waals surface area contributed by atoms with Crippen LogP contribution < -0.4 is 5.32 Å². The van der Waals surface area contributed by atoms with Crippen LogP contribution in [-0.4, -0.2) is 36.6 Å². The van der Waals surface area contributed by atoms with Crippen LogP contribution in [0.15, 0.2) is 16.6 Å². The van der Waals surface area contributed by atoms with Gasteiger partial charge < -0.3 is 10.2 Å². The Morgan fingerprint density at radius 1 is 1.47 bits per heavy atom. The van der Waals surface area contributed by atoms with E-state index < -0.39 is 0 Å². The van der Waals surface area contributed by atoms with Crippen LogP contribution in [0.5, 0.6) is 0 Å². The zero-order valence-corrected chi connectivity index (χ0v) is 11.3. The normalized spacial score (nSPS) is 12.9. The third-order valence-corrected chi connectivity index (χ3v) is 2.89. The molecule has 1 rings (SSSR count). The van der Waals surface area contributed by atoms with Crippen molar-refractivity contribution in [2.24, 2.45) is 0 Å². The number of likely N-dealkylation sites (N-methyl/N-ethyl adjacent to an activating group) is 1. The average Bonchev–Trinajstić information content (AvgIpc) is 2.10. The second kappa shape index (κ2) is 5.47. The SMILES string of the molecule is Cc1nc(NC(C)CN(C)C)ccc1Br. The van der Waals surface area contributed by atoms with E-state index >= 15 is 0 Å². The highest BCUT2D eigenvalue weighted by Gasteiger charge is 2.05. The maximum absolute atomic E-state index is 4.44. The number of nitrogens with zero attached hydrogens (tertiary/aromatic N) is 2. The Kier molecular flexibility index (Phi) is 4.54. The van der Waals surface area contributed by atoms with Gasteiger partial charge in [-0.25, -0.2) is 4.98 Å². The van der Waals surface area contributed by atoms with Crippen molar-refractivity contribution in [1.82, 2.24) is 9.88 Å². The molecular formula is C11H18BrN3. The van der Waals surface area contributed by atoms with Crippen molar-refractivity contribution in [3.8, 4) is 0 Å². The summed E-state index contributed by atoms with van der Waals surface area (Å²) in [6.07, 6.45) is 0. The maximum atomic E-state index is 4.44. The van der Waals surface area contributed by atoms with E-state index in [0.717, 1.165) is 22.5 Å². The first-order valence-corrected chi connectivity index (χ1v) is 5.82. The summed E-state index contributed by atoms with van der Waals surface area (Å²) < 4.78 is 1.05. The van der Waals surface area contributed by atoms with Gasteiger partial charge in [-0.3, -0.25) is 0 Å². The Morgan fingerprint density at radius 3 is 2.67 bits per heavy atom. The largest absolute Gasteiger partial charge is 0.366 e. The molecule has 1 unspecified atom stereocenters. The number of hydrogen-bond acceptors (Lipinski definition) is 3. The Hall–Kier alpha value is -0.610. The molecule has 0 saturated heterocycles. The van der Waals surface area contributed by atoms with Crippen molar-refractivity contribution >= 4 is 21.7 Å². The number of halogens is 1. The molecule has 0 amide bonds. The molecule has 0 spiro atoms. The maximum Gasteiger partial charge on any atom is 0.126 e. The predicted molar refractivity (Wildman–Crippen MR) is 68.3 cm³/mol. The standard InChI is InChI=1S/C11H18BrN3/c1-8(7-15(3)4)13-11-6-5-10(12)9(2)14-11/h5-6,8H,7H2,1-4H3,(H,13,14). The smallest absolute Gasteiger partial charge is 0.126 e. The van der Waals surface area contributed by atoms with Gasteiger partial charge in [0.05, 0.1) is 5.69 Å². The van der Waals surface area contributed by atoms with Crippen molar-refractivity contribution in [2.75, 3.05) is 26.0 Å². The molecule has 0 radical (unpaired) electrons. The number of aryl methyl sites for hydroxylation is 1. The number of anilines is 1. The first-order valence-electron chi connectivity index (χ1n) is 5.03. The Bertz CT molecular complexity index is 326. The van der Waals surface area contributed by atoms with E-state index in [1.165, 1.54) is 0 Å². The summed E-state index contributed by atoms with van der Waals surface area (Å²) in [7, 11) is 4.14. The van der Waals surface area contributed by atoms with Gasteiger partial charge in [-0.15, -0.1) is 0 Å². The van der Waals surface area contributed by atoms with Crippen molar-refractivity contribution in [3.63, 3.8) is 0 Å². The Morgan fingerprint density at radius 2 is 2.13 bits per heavy atom. The summed E-state index contributed by atoms with van der Waals surface area (Å²) in [5, 5.41) is 3.37. The van der Waals surface area contributed by atoms with Crippen molar-refractivity contribution < 1.29 is 0 Å². The second-order valence-corrected chi connectivity index (χ2v) is 4.93. The van der Waals surface area contributed by atoms with Gasteiger partial charge in [0, 0.05) is 17.1 Å². The lowest BCUT2D eigenvalue weighted by Gasteiger charge is -2.19. The molecule has 0 bridgehead atoms. The molecule has 1 aromatic heterocycles. The monoisotopic (exact) mass is 271 g/mol. The van der Waals surface area contributed by atoms with Crippen LogP contribution in [0.4, 0.5) is 5.82 Å². The number of hydrogen-bond donors (Lipinski definition) is 1. The molecule has 0 aliphatic rings. The molecular weight excluding hydrogens is 254 g/mol. The number of nitrogens with one attached hydrogen (secondary N) is 1. The van der Waals surface area contributed by atoms with E-state index in [9.17, 15) is 0 Å². The van der Waals surface area contributed by atoms with Crippen LogP contribution >= 0.6 is 15.9 Å². The minimum absolute atomic E-state index is 0.396. The van der Waals surface area contributed by atoms with Crippen molar-refractivity contribution in [3.05, 3.63) is 22.3 Å². The Balaban J connectivity index is 2.60. The summed E-state index contributed by atoms with van der Waals surface area (Å²) >= 11 is 3.44. The molecule has 0 aliphatic carbocycles. The van der Waals surface area contributed by atoms with Gasteiger partial charge in [0.15, 0.2) is 0 Å². The molecule has 0 aromatic carbocycles. The zero-order valence-electron chi connectivity index (χ0n) is 9.71. The number of rotatable bonds is 4. The van der Waals surface area contributed by atoms with Gasteiger partial charge in [-0.1, -0.05) is 0 Å². The van der Waals surface area contributed by atoms with Crippen molar-refractivity contribution in [2.45, 2.75) is 19.9 Å². The molecule has 0 fully saturated rings. The van der Waals surface area contributed by atoms with Crippen LogP contribution in [0.3, 0.4) is 0 Å². The van der Waals surface area contributed by atoms with Crippen LogP contribution in [0.25, 0.3) is 0 Å². The van der Waals surface area contributed by atoms with Gasteiger partial charge in [-0.2, -0.15) is 0 Å². The van der Waals surface area contributed by atoms with E-state index in [-0.39, 0.29) is 0 Å². The highest BCUT2D eigenvalue weighted by molar-refractivity contribution is 9.10. The topological polar surface area (TPSA) is 28.2 Å². The van der Waals surface area contributed by atoms with E-state index in [0.29, 0.717) is 6.04 Å². The van der Waals surface area contributed by atoms with E-state index in [2.05, 4.69) is 52.1 Å². The first-order chi connectivity index (χ1) is 6.99. The summed E-state index contributed by atoms with van der Waals surface area (Å²) in [5.41, 5.74) is 1.01. The molecule has 84 valence electrons. The molecule has 1 N–H and O–H groups in total. The molecule has 1 atom stereocenters. The Labute approximate surface area is 100 Å². The number of aromatic nitrogens is 1. The summed E-state index contributed by atoms with van der Waals surface area (Å²) in [6.45, 7) is 5.14. The molecule has 1 aromatic rings. The number of pyridine rings is 1. The lowest BCUT2D eigenvalue weighted by molar-refractivity contribution is 0.392. The van der Waals surface area contributed by atoms with Crippen LogP contribution in [0.2, 0.25) is 0 Å².